The third kappa shape index (κ3) is 87.6. The Morgan fingerprint density at radius 3 is 0.600 bits per heavy atom. The first-order valence-corrected chi connectivity index (χ1v) is 0. The molecule has 0 aromatic heterocycles. The molecule has 0 atom stereocenters. The van der Waals surface area contributed by atoms with Crippen LogP contribution < -0.4 is 37.7 Å². The maximum Gasteiger partial charge on any atom is 1.00 e. The van der Waals surface area contributed by atoms with E-state index in [-0.39, 0.29) is 152 Å². The third-order valence-electron chi connectivity index (χ3n) is 0. The van der Waals surface area contributed by atoms with Crippen LogP contribution in [0.4, 0.5) is 0 Å². The first-order chi connectivity index (χ1) is 0. The molecule has 0 spiro atoms. The topological polar surface area (TPSA) is 63.0 Å². The molecule has 0 bridgehead atoms. The van der Waals surface area contributed by atoms with E-state index in [1.54, 1.807) is 0 Å². The van der Waals surface area contributed by atoms with Gasteiger partial charge < -0.3 is 13.8 Å². The summed E-state index contributed by atoms with van der Waals surface area (Å²) in [6.45, 7) is 0. The molecule has 2 nitrogen and oxygen atoms in total. The molecule has 0 aromatic rings. The third-order valence-corrected chi connectivity index (χ3v) is 0. The molecule has 0 aliphatic heterocycles. The minimum atomic E-state index is 0. The molecule has 0 fully saturated rings. The minimum Gasteiger partial charge on any atom is -1.00 e. The SMILES string of the molecule is O.O.[Co].[Co].[H-].[H-].[Li+].[Li+].[Mn].[Mn].[Ni].[Ni]. The van der Waals surface area contributed by atoms with Crippen LogP contribution in [0.3, 0.4) is 0 Å². The number of hydrogen-bond acceptors (Lipinski definition) is 0. The Hall–Kier alpha value is 4.15. The van der Waals surface area contributed by atoms with E-state index in [0.717, 1.165) is 0 Å². The molecule has 10 heteroatoms. The summed E-state index contributed by atoms with van der Waals surface area (Å²) in [5, 5.41) is 0. The average molecular weight is 397 g/mol. The molecular formula is H6Co2Li2Mn2Ni2O2. The van der Waals surface area contributed by atoms with Gasteiger partial charge in [-0.25, -0.2) is 0 Å². The van der Waals surface area contributed by atoms with E-state index < -0.39 is 0 Å². The zero-order chi connectivity index (χ0) is 0. The monoisotopic (exact) mass is 396 g/mol. The first kappa shape index (κ1) is 142. The summed E-state index contributed by atoms with van der Waals surface area (Å²) in [6.07, 6.45) is 0. The van der Waals surface area contributed by atoms with Gasteiger partial charge in [-0.15, -0.1) is 0 Å². The predicted molar refractivity (Wildman–Crippen MR) is 9.45 cm³/mol. The van der Waals surface area contributed by atoms with Gasteiger partial charge in [0, 0.05) is 101 Å². The quantitative estimate of drug-likeness (QED) is 0.365. The second-order valence-corrected chi connectivity index (χ2v) is 0. The molecule has 0 saturated carbocycles. The summed E-state index contributed by atoms with van der Waals surface area (Å²) in [7, 11) is 0. The summed E-state index contributed by atoms with van der Waals surface area (Å²) in [5.41, 5.74) is 0. The molecule has 10 heavy (non-hydrogen) atoms. The van der Waals surface area contributed by atoms with Crippen molar-refractivity contribution in [1.82, 2.24) is 0 Å². The summed E-state index contributed by atoms with van der Waals surface area (Å²) in [4.78, 5) is 0. The van der Waals surface area contributed by atoms with Gasteiger partial charge in [-0.05, 0) is 0 Å². The predicted octanol–water partition coefficient (Wildman–Crippen LogP) is -7.43. The fraction of sp³-hybridized carbons (Fsp3) is 0. The first-order valence-electron chi connectivity index (χ1n) is 0. The van der Waals surface area contributed by atoms with Crippen LogP contribution in [0, 0.1) is 0 Å². The Morgan fingerprint density at radius 1 is 0.600 bits per heavy atom. The van der Waals surface area contributed by atoms with E-state index in [0.29, 0.717) is 0 Å². The van der Waals surface area contributed by atoms with Crippen molar-refractivity contribution >= 4 is 0 Å². The van der Waals surface area contributed by atoms with Gasteiger partial charge in [-0.3, -0.25) is 0 Å². The largest absolute Gasteiger partial charge is 1.00 e. The van der Waals surface area contributed by atoms with Gasteiger partial charge >= 0.3 is 37.7 Å². The molecular weight excluding hydrogens is 391 g/mol. The van der Waals surface area contributed by atoms with Crippen molar-refractivity contribution in [3.63, 3.8) is 0 Å². The molecule has 0 amide bonds. The molecule has 4 N–H and O–H groups in total. The van der Waals surface area contributed by atoms with Gasteiger partial charge in [0.2, 0.25) is 0 Å². The zero-order valence-electron chi connectivity index (χ0n) is 7.06. The van der Waals surface area contributed by atoms with Gasteiger partial charge in [0.25, 0.3) is 0 Å². The van der Waals surface area contributed by atoms with Crippen molar-refractivity contribution < 1.29 is 152 Å². The smallest absolute Gasteiger partial charge is 1.00 e. The average Bonchev–Trinajstić information content (AvgIpc) is 0. The number of hydrogen-bond donors (Lipinski definition) is 0. The Balaban J connectivity index is 0. The minimum absolute atomic E-state index is 0. The van der Waals surface area contributed by atoms with Crippen LogP contribution >= 0.6 is 0 Å². The van der Waals surface area contributed by atoms with Crippen molar-refractivity contribution in [1.29, 1.82) is 0 Å². The molecule has 0 unspecified atom stereocenters. The van der Waals surface area contributed by atoms with E-state index in [1.807, 2.05) is 0 Å². The van der Waals surface area contributed by atoms with Crippen LogP contribution in [0.1, 0.15) is 2.85 Å². The second-order valence-electron chi connectivity index (χ2n) is 0. The van der Waals surface area contributed by atoms with Crippen molar-refractivity contribution in [3.05, 3.63) is 0 Å². The van der Waals surface area contributed by atoms with Crippen molar-refractivity contribution in [2.45, 2.75) is 0 Å². The van der Waals surface area contributed by atoms with Crippen LogP contribution in [0.2, 0.25) is 0 Å². The van der Waals surface area contributed by atoms with Crippen LogP contribution in [-0.2, 0) is 101 Å². The van der Waals surface area contributed by atoms with Crippen LogP contribution in [-0.4, -0.2) is 11.0 Å². The molecule has 0 saturated heterocycles. The summed E-state index contributed by atoms with van der Waals surface area (Å²) in [5.74, 6) is 0. The fourth-order valence-corrected chi connectivity index (χ4v) is 0. The molecule has 4 radical (unpaired) electrons. The maximum atomic E-state index is 0. The van der Waals surface area contributed by atoms with Gasteiger partial charge in [-0.1, -0.05) is 0 Å². The Kier molecular flexibility index (Phi) is 1600. The van der Waals surface area contributed by atoms with Crippen molar-refractivity contribution in [2.24, 2.45) is 0 Å². The van der Waals surface area contributed by atoms with Crippen molar-refractivity contribution in [2.75, 3.05) is 0 Å². The van der Waals surface area contributed by atoms with E-state index in [2.05, 4.69) is 0 Å². The van der Waals surface area contributed by atoms with Gasteiger partial charge in [0.1, 0.15) is 0 Å². The van der Waals surface area contributed by atoms with Crippen LogP contribution in [0.15, 0.2) is 0 Å². The van der Waals surface area contributed by atoms with E-state index >= 15 is 0 Å². The summed E-state index contributed by atoms with van der Waals surface area (Å²) in [6, 6.07) is 0. The molecule has 72 valence electrons. The Bertz CT molecular complexity index is 31.0. The van der Waals surface area contributed by atoms with Crippen LogP contribution in [0.25, 0.3) is 0 Å². The second kappa shape index (κ2) is 113. The fourth-order valence-electron chi connectivity index (χ4n) is 0. The number of rotatable bonds is 0. The Morgan fingerprint density at radius 2 is 0.600 bits per heavy atom. The maximum absolute atomic E-state index is 0. The van der Waals surface area contributed by atoms with Crippen LogP contribution in [0.5, 0.6) is 0 Å². The van der Waals surface area contributed by atoms with E-state index in [9.17, 15) is 0 Å². The molecule has 0 aromatic carbocycles. The summed E-state index contributed by atoms with van der Waals surface area (Å²) >= 11 is 0. The standard InChI is InChI=1S/2Co.2Li.2Mn.2Ni.2H2O.2H/h;;;;;;;;2*1H2;;/q;;2*+1;;;;;;;2*-1. The van der Waals surface area contributed by atoms with Gasteiger partial charge in [0.15, 0.2) is 0 Å². The molecule has 0 rings (SSSR count). The van der Waals surface area contributed by atoms with Crippen molar-refractivity contribution in [3.8, 4) is 0 Å². The van der Waals surface area contributed by atoms with Gasteiger partial charge in [-0.2, -0.15) is 0 Å². The van der Waals surface area contributed by atoms with E-state index in [1.165, 1.54) is 0 Å². The van der Waals surface area contributed by atoms with Gasteiger partial charge in [0.05, 0.1) is 0 Å². The molecule has 0 aliphatic rings. The normalized spacial score (nSPS) is 0. The summed E-state index contributed by atoms with van der Waals surface area (Å²) < 4.78 is 0. The Labute approximate surface area is 150 Å². The molecule has 0 aliphatic carbocycles. The zero-order valence-corrected chi connectivity index (χ0v) is 11.5. The molecule has 0 heterocycles. The van der Waals surface area contributed by atoms with E-state index in [4.69, 9.17) is 0 Å².